The van der Waals surface area contributed by atoms with Crippen LogP contribution in [0.3, 0.4) is 0 Å². The number of H-pyrrole nitrogens is 2. The first-order valence-electron chi connectivity index (χ1n) is 12.2. The van der Waals surface area contributed by atoms with E-state index in [1.807, 2.05) is 50.2 Å². The van der Waals surface area contributed by atoms with Crippen LogP contribution in [0, 0.1) is 5.92 Å². The van der Waals surface area contributed by atoms with Crippen molar-refractivity contribution in [2.24, 2.45) is 5.92 Å². The summed E-state index contributed by atoms with van der Waals surface area (Å²) in [7, 11) is 0. The van der Waals surface area contributed by atoms with Crippen molar-refractivity contribution < 1.29 is 9.59 Å². The topological polar surface area (TPSA) is 116 Å². The molecular weight excluding hydrogens is 496 g/mol. The third-order valence-electron chi connectivity index (χ3n) is 6.43. The summed E-state index contributed by atoms with van der Waals surface area (Å²) in [6.07, 6.45) is 5.14. The molecule has 0 saturated carbocycles. The molecule has 0 fully saturated rings. The fraction of sp³-hybridized carbons (Fsp3) is 0.138. The summed E-state index contributed by atoms with van der Waals surface area (Å²) in [6, 6.07) is 16.0. The SMILES string of the molecule is CC(=O)c1ccc(-c2cccc3[nH]c(-c4[nH]nc5ncc(-c6cncc(NC(=O)C(C)C)c6)cc45)cc23)s1. The number of Topliss-reactive ketones (excluding diaryl/α,β-unsaturated/α-hetero) is 1. The van der Waals surface area contributed by atoms with E-state index in [0.717, 1.165) is 54.1 Å². The molecular formula is C29H24N6O2S. The van der Waals surface area contributed by atoms with Crippen molar-refractivity contribution in [2.75, 3.05) is 5.32 Å². The molecule has 5 aromatic heterocycles. The van der Waals surface area contributed by atoms with Crippen LogP contribution < -0.4 is 5.32 Å². The van der Waals surface area contributed by atoms with Crippen LogP contribution in [0.2, 0.25) is 0 Å². The van der Waals surface area contributed by atoms with E-state index in [2.05, 4.69) is 42.6 Å². The summed E-state index contributed by atoms with van der Waals surface area (Å²) >= 11 is 1.50. The summed E-state index contributed by atoms with van der Waals surface area (Å²) in [5.41, 5.74) is 6.70. The maximum atomic E-state index is 12.1. The highest BCUT2D eigenvalue weighted by Gasteiger charge is 2.16. The highest BCUT2D eigenvalue weighted by Crippen LogP contribution is 2.37. The van der Waals surface area contributed by atoms with Gasteiger partial charge in [-0.15, -0.1) is 11.3 Å². The van der Waals surface area contributed by atoms with Crippen LogP contribution in [-0.2, 0) is 4.79 Å². The highest BCUT2D eigenvalue weighted by molar-refractivity contribution is 7.17. The molecule has 0 unspecified atom stereocenters. The number of carbonyl (C=O) groups excluding carboxylic acids is 2. The van der Waals surface area contributed by atoms with Crippen molar-refractivity contribution in [3.8, 4) is 33.0 Å². The Morgan fingerprint density at radius 1 is 0.974 bits per heavy atom. The zero-order valence-corrected chi connectivity index (χ0v) is 21.8. The average Bonchev–Trinajstić information content (AvgIpc) is 3.66. The number of amides is 1. The minimum absolute atomic E-state index is 0.0621. The van der Waals surface area contributed by atoms with Crippen molar-refractivity contribution in [1.29, 1.82) is 0 Å². The summed E-state index contributed by atoms with van der Waals surface area (Å²) in [4.78, 5) is 38.1. The van der Waals surface area contributed by atoms with E-state index >= 15 is 0 Å². The predicted molar refractivity (Wildman–Crippen MR) is 151 cm³/mol. The zero-order chi connectivity index (χ0) is 26.4. The Labute approximate surface area is 222 Å². The molecule has 188 valence electrons. The zero-order valence-electron chi connectivity index (χ0n) is 21.0. The molecule has 0 bridgehead atoms. The molecule has 3 N–H and O–H groups in total. The van der Waals surface area contributed by atoms with Gasteiger partial charge in [-0.25, -0.2) is 4.98 Å². The maximum Gasteiger partial charge on any atom is 0.226 e. The van der Waals surface area contributed by atoms with Crippen molar-refractivity contribution in [1.82, 2.24) is 25.1 Å². The Bertz CT molecular complexity index is 1840. The number of fused-ring (bicyclic) bond motifs is 2. The van der Waals surface area contributed by atoms with Gasteiger partial charge >= 0.3 is 0 Å². The molecule has 1 amide bonds. The molecule has 38 heavy (non-hydrogen) atoms. The van der Waals surface area contributed by atoms with Crippen LogP contribution in [0.1, 0.15) is 30.4 Å². The van der Waals surface area contributed by atoms with E-state index in [1.165, 1.54) is 11.3 Å². The van der Waals surface area contributed by atoms with Gasteiger partial charge in [-0.05, 0) is 43.3 Å². The molecule has 0 radical (unpaired) electrons. The molecule has 8 nitrogen and oxygen atoms in total. The summed E-state index contributed by atoms with van der Waals surface area (Å²) < 4.78 is 0. The number of ketones is 1. The van der Waals surface area contributed by atoms with E-state index < -0.39 is 0 Å². The smallest absolute Gasteiger partial charge is 0.226 e. The quantitative estimate of drug-likeness (QED) is 0.211. The van der Waals surface area contributed by atoms with Gasteiger partial charge in [0.25, 0.3) is 0 Å². The third-order valence-corrected chi connectivity index (χ3v) is 7.64. The van der Waals surface area contributed by atoms with Crippen LogP contribution in [0.4, 0.5) is 5.69 Å². The normalized spacial score (nSPS) is 11.5. The van der Waals surface area contributed by atoms with Crippen molar-refractivity contribution in [2.45, 2.75) is 20.8 Å². The number of pyridine rings is 2. The Morgan fingerprint density at radius 2 is 1.82 bits per heavy atom. The number of carbonyl (C=O) groups is 2. The molecule has 1 aromatic carbocycles. The van der Waals surface area contributed by atoms with Crippen LogP contribution in [0.25, 0.3) is 54.9 Å². The lowest BCUT2D eigenvalue weighted by molar-refractivity contribution is -0.118. The van der Waals surface area contributed by atoms with E-state index in [-0.39, 0.29) is 17.6 Å². The maximum absolute atomic E-state index is 12.1. The molecule has 6 rings (SSSR count). The number of hydrogen-bond donors (Lipinski definition) is 3. The first-order valence-corrected chi connectivity index (χ1v) is 13.0. The molecule has 0 spiro atoms. The molecule has 0 aliphatic rings. The molecule has 5 heterocycles. The van der Waals surface area contributed by atoms with Crippen molar-refractivity contribution >= 4 is 50.7 Å². The Kier molecular flexibility index (Phi) is 5.84. The third kappa shape index (κ3) is 4.26. The predicted octanol–water partition coefficient (Wildman–Crippen LogP) is 6.69. The average molecular weight is 521 g/mol. The van der Waals surface area contributed by atoms with Gasteiger partial charge < -0.3 is 10.3 Å². The number of nitrogens with one attached hydrogen (secondary N) is 3. The summed E-state index contributed by atoms with van der Waals surface area (Å²) in [6.45, 7) is 5.29. The Morgan fingerprint density at radius 3 is 2.61 bits per heavy atom. The number of anilines is 1. The highest BCUT2D eigenvalue weighted by atomic mass is 32.1. The van der Waals surface area contributed by atoms with Gasteiger partial charge in [0, 0.05) is 56.2 Å². The van der Waals surface area contributed by atoms with E-state index in [4.69, 9.17) is 0 Å². The molecule has 0 saturated heterocycles. The number of hydrogen-bond acceptors (Lipinski definition) is 6. The van der Waals surface area contributed by atoms with Crippen LogP contribution >= 0.6 is 11.3 Å². The van der Waals surface area contributed by atoms with Gasteiger partial charge in [0.1, 0.15) is 0 Å². The molecule has 0 aliphatic heterocycles. The second-order valence-corrected chi connectivity index (χ2v) is 10.6. The lowest BCUT2D eigenvalue weighted by Gasteiger charge is -2.09. The van der Waals surface area contributed by atoms with Gasteiger partial charge in [0.2, 0.25) is 5.91 Å². The molecule has 0 aliphatic carbocycles. The fourth-order valence-electron chi connectivity index (χ4n) is 4.39. The van der Waals surface area contributed by atoms with Crippen LogP contribution in [0.5, 0.6) is 0 Å². The lowest BCUT2D eigenvalue weighted by atomic mass is 10.1. The van der Waals surface area contributed by atoms with Gasteiger partial charge in [-0.3, -0.25) is 19.7 Å². The number of aromatic nitrogens is 5. The molecule has 6 aromatic rings. The van der Waals surface area contributed by atoms with E-state index in [1.54, 1.807) is 25.5 Å². The monoisotopic (exact) mass is 520 g/mol. The summed E-state index contributed by atoms with van der Waals surface area (Å²) in [5.74, 6) is -0.121. The largest absolute Gasteiger partial charge is 0.353 e. The van der Waals surface area contributed by atoms with E-state index in [9.17, 15) is 9.59 Å². The second-order valence-electron chi connectivity index (χ2n) is 9.47. The summed E-state index contributed by atoms with van der Waals surface area (Å²) in [5, 5.41) is 12.4. The van der Waals surface area contributed by atoms with Crippen LogP contribution in [0.15, 0.2) is 67.1 Å². The minimum Gasteiger partial charge on any atom is -0.353 e. The standard InChI is InChI=1S/C29H24N6O2S/c1-15(2)29(37)32-19-9-17(12-30-14-19)18-10-22-27(34-35-28(22)31-13-18)24-11-21-20(5-4-6-23(21)33-24)26-8-7-25(38-26)16(3)36/h4-15,33H,1-3H3,(H,32,37)(H,31,34,35). The van der Waals surface area contributed by atoms with Crippen LogP contribution in [-0.4, -0.2) is 36.8 Å². The fourth-order valence-corrected chi connectivity index (χ4v) is 5.33. The molecule has 0 atom stereocenters. The Balaban J connectivity index is 1.40. The lowest BCUT2D eigenvalue weighted by Crippen LogP contribution is -2.17. The number of benzene rings is 1. The van der Waals surface area contributed by atoms with Gasteiger partial charge in [-0.1, -0.05) is 26.0 Å². The number of nitrogens with zero attached hydrogens (tertiary/aromatic N) is 3. The van der Waals surface area contributed by atoms with Gasteiger partial charge in [0.05, 0.1) is 28.1 Å². The first kappa shape index (κ1) is 23.7. The van der Waals surface area contributed by atoms with Crippen molar-refractivity contribution in [3.05, 3.63) is 72.0 Å². The number of aromatic amines is 2. The van der Waals surface area contributed by atoms with Gasteiger partial charge in [-0.2, -0.15) is 5.10 Å². The second kappa shape index (κ2) is 9.35. The number of rotatable bonds is 6. The Hall–Kier alpha value is -4.63. The van der Waals surface area contributed by atoms with Crippen molar-refractivity contribution in [3.63, 3.8) is 0 Å². The first-order chi connectivity index (χ1) is 18.4. The van der Waals surface area contributed by atoms with E-state index in [0.29, 0.717) is 11.3 Å². The number of thiophene rings is 1. The minimum atomic E-state index is -0.127. The molecule has 9 heteroatoms. The van der Waals surface area contributed by atoms with Gasteiger partial charge in [0.15, 0.2) is 11.4 Å².